The number of morpholine rings is 1. The van der Waals surface area contributed by atoms with Gasteiger partial charge in [-0.2, -0.15) is 0 Å². The van der Waals surface area contributed by atoms with Crippen LogP contribution in [0.15, 0.2) is 36.4 Å². The van der Waals surface area contributed by atoms with Crippen molar-refractivity contribution in [3.8, 4) is 11.5 Å². The first-order valence-electron chi connectivity index (χ1n) is 9.22. The molecule has 0 bridgehead atoms. The summed E-state index contributed by atoms with van der Waals surface area (Å²) in [4.78, 5) is 12.5. The van der Waals surface area contributed by atoms with E-state index < -0.39 is 5.91 Å². The van der Waals surface area contributed by atoms with E-state index in [1.165, 1.54) is 12.1 Å². The van der Waals surface area contributed by atoms with Crippen molar-refractivity contribution in [3.05, 3.63) is 53.1 Å². The Morgan fingerprint density at radius 2 is 1.96 bits per heavy atom. The summed E-state index contributed by atoms with van der Waals surface area (Å²) in [5.74, 6) is -0.634. The second kappa shape index (κ2) is 8.41. The van der Waals surface area contributed by atoms with Gasteiger partial charge >= 0.3 is 0 Å². The number of rotatable bonds is 5. The Hall–Kier alpha value is -2.57. The molecule has 1 fully saturated rings. The second-order valence-electron chi connectivity index (χ2n) is 7.13. The summed E-state index contributed by atoms with van der Waals surface area (Å²) in [5.41, 5.74) is 2.54. The van der Waals surface area contributed by atoms with Crippen LogP contribution in [0.4, 0.5) is 5.69 Å². The Labute approximate surface area is 159 Å². The van der Waals surface area contributed by atoms with E-state index in [9.17, 15) is 15.0 Å². The number of phenols is 2. The number of amides is 1. The summed E-state index contributed by atoms with van der Waals surface area (Å²) in [6.45, 7) is 6.30. The number of benzene rings is 2. The van der Waals surface area contributed by atoms with Crippen LogP contribution in [0.5, 0.6) is 11.5 Å². The summed E-state index contributed by atoms with van der Waals surface area (Å²) in [6.07, 6.45) is 0.986. The molecule has 1 unspecified atom stereocenters. The van der Waals surface area contributed by atoms with Gasteiger partial charge in [0.2, 0.25) is 0 Å². The minimum absolute atomic E-state index is 0.0113. The van der Waals surface area contributed by atoms with E-state index in [0.29, 0.717) is 11.3 Å². The Bertz CT molecular complexity index is 797. The third-order valence-corrected chi connectivity index (χ3v) is 4.69. The van der Waals surface area contributed by atoms with Crippen molar-refractivity contribution in [3.63, 3.8) is 0 Å². The standard InChI is InChI=1S/C21H26N2O4/c1-13(2)17-10-18(20(25)11-19(17)24)21(26)23-15-5-3-14(4-6-15)9-16-12-22-7-8-27-16/h3-6,10-11,13,16,22,24-25H,7-9,12H2,1-2H3,(H,23,26). The van der Waals surface area contributed by atoms with Crippen LogP contribution < -0.4 is 10.6 Å². The van der Waals surface area contributed by atoms with Crippen molar-refractivity contribution in [2.75, 3.05) is 25.0 Å². The molecular weight excluding hydrogens is 344 g/mol. The number of ether oxygens (including phenoxy) is 1. The van der Waals surface area contributed by atoms with E-state index in [2.05, 4.69) is 10.6 Å². The number of hydrogen-bond acceptors (Lipinski definition) is 5. The molecule has 1 aliphatic heterocycles. The highest BCUT2D eigenvalue weighted by molar-refractivity contribution is 6.06. The highest BCUT2D eigenvalue weighted by Crippen LogP contribution is 2.32. The Balaban J connectivity index is 1.68. The zero-order valence-corrected chi connectivity index (χ0v) is 15.7. The molecule has 1 amide bonds. The lowest BCUT2D eigenvalue weighted by Gasteiger charge is -2.23. The maximum atomic E-state index is 12.5. The van der Waals surface area contributed by atoms with Gasteiger partial charge in [-0.3, -0.25) is 4.79 Å². The molecule has 144 valence electrons. The zero-order chi connectivity index (χ0) is 19.4. The topological polar surface area (TPSA) is 90.8 Å². The van der Waals surface area contributed by atoms with E-state index in [1.54, 1.807) is 0 Å². The highest BCUT2D eigenvalue weighted by atomic mass is 16.5. The fraction of sp³-hybridized carbons (Fsp3) is 0.381. The molecule has 1 heterocycles. The Morgan fingerprint density at radius 1 is 1.22 bits per heavy atom. The number of carbonyl (C=O) groups is 1. The van der Waals surface area contributed by atoms with Gasteiger partial charge in [0.05, 0.1) is 18.3 Å². The van der Waals surface area contributed by atoms with Gasteiger partial charge in [0.25, 0.3) is 5.91 Å². The summed E-state index contributed by atoms with van der Waals surface area (Å²) in [6, 6.07) is 10.3. The van der Waals surface area contributed by atoms with Crippen LogP contribution in [0.2, 0.25) is 0 Å². The van der Waals surface area contributed by atoms with Gasteiger partial charge in [-0.1, -0.05) is 26.0 Å². The van der Waals surface area contributed by atoms with Gasteiger partial charge in [0, 0.05) is 24.8 Å². The average Bonchev–Trinajstić information content (AvgIpc) is 2.64. The van der Waals surface area contributed by atoms with Crippen LogP contribution in [0, 0.1) is 0 Å². The number of carbonyl (C=O) groups excluding carboxylic acids is 1. The maximum Gasteiger partial charge on any atom is 0.259 e. The van der Waals surface area contributed by atoms with Gasteiger partial charge < -0.3 is 25.6 Å². The molecule has 1 saturated heterocycles. The number of anilines is 1. The molecule has 1 atom stereocenters. The molecule has 2 aromatic rings. The quantitative estimate of drug-likeness (QED) is 0.650. The van der Waals surface area contributed by atoms with Gasteiger partial charge in [0.1, 0.15) is 11.5 Å². The summed E-state index contributed by atoms with van der Waals surface area (Å²) in [7, 11) is 0. The van der Waals surface area contributed by atoms with Crippen LogP contribution in [-0.2, 0) is 11.2 Å². The molecule has 1 aliphatic rings. The first-order valence-corrected chi connectivity index (χ1v) is 9.22. The molecule has 0 radical (unpaired) electrons. The van der Waals surface area contributed by atoms with Crippen molar-refractivity contribution >= 4 is 11.6 Å². The van der Waals surface area contributed by atoms with E-state index in [-0.39, 0.29) is 29.1 Å². The molecule has 4 N–H and O–H groups in total. The summed E-state index contributed by atoms with van der Waals surface area (Å²) >= 11 is 0. The number of nitrogens with one attached hydrogen (secondary N) is 2. The third kappa shape index (κ3) is 4.78. The summed E-state index contributed by atoms with van der Waals surface area (Å²) in [5, 5.41) is 26.0. The molecule has 6 nitrogen and oxygen atoms in total. The zero-order valence-electron chi connectivity index (χ0n) is 15.7. The minimum Gasteiger partial charge on any atom is -0.508 e. The lowest BCUT2D eigenvalue weighted by molar-refractivity contribution is 0.0292. The van der Waals surface area contributed by atoms with Crippen molar-refractivity contribution < 1.29 is 19.7 Å². The largest absolute Gasteiger partial charge is 0.508 e. The van der Waals surface area contributed by atoms with E-state index in [4.69, 9.17) is 4.74 Å². The van der Waals surface area contributed by atoms with Crippen LogP contribution in [0.1, 0.15) is 41.3 Å². The van der Waals surface area contributed by atoms with Crippen LogP contribution in [0.25, 0.3) is 0 Å². The molecule has 27 heavy (non-hydrogen) atoms. The van der Waals surface area contributed by atoms with Crippen molar-refractivity contribution in [1.82, 2.24) is 5.32 Å². The first kappa shape index (κ1) is 19.2. The third-order valence-electron chi connectivity index (χ3n) is 4.69. The molecule has 0 aromatic heterocycles. The normalized spacial score (nSPS) is 17.1. The van der Waals surface area contributed by atoms with Crippen molar-refractivity contribution in [1.29, 1.82) is 0 Å². The maximum absolute atomic E-state index is 12.5. The fourth-order valence-electron chi connectivity index (χ4n) is 3.17. The molecule has 0 spiro atoms. The Morgan fingerprint density at radius 3 is 2.59 bits per heavy atom. The SMILES string of the molecule is CC(C)c1cc(C(=O)Nc2ccc(CC3CNCCO3)cc2)c(O)cc1O. The van der Waals surface area contributed by atoms with Gasteiger partial charge in [0.15, 0.2) is 0 Å². The molecule has 2 aromatic carbocycles. The fourth-order valence-corrected chi connectivity index (χ4v) is 3.17. The van der Waals surface area contributed by atoms with E-state index in [0.717, 1.165) is 31.7 Å². The smallest absolute Gasteiger partial charge is 0.259 e. The molecule has 0 aliphatic carbocycles. The predicted octanol–water partition coefficient (Wildman–Crippen LogP) is 3.00. The van der Waals surface area contributed by atoms with Crippen LogP contribution in [0.3, 0.4) is 0 Å². The molecule has 3 rings (SSSR count). The van der Waals surface area contributed by atoms with E-state index in [1.807, 2.05) is 38.1 Å². The van der Waals surface area contributed by atoms with Crippen LogP contribution >= 0.6 is 0 Å². The lowest BCUT2D eigenvalue weighted by Crippen LogP contribution is -2.39. The van der Waals surface area contributed by atoms with Gasteiger partial charge in [-0.25, -0.2) is 0 Å². The minimum atomic E-state index is -0.415. The Kier molecular flexibility index (Phi) is 5.98. The van der Waals surface area contributed by atoms with Crippen molar-refractivity contribution in [2.24, 2.45) is 0 Å². The number of phenolic OH excluding ortho intramolecular Hbond substituents is 2. The summed E-state index contributed by atoms with van der Waals surface area (Å²) < 4.78 is 5.71. The number of hydrogen-bond donors (Lipinski definition) is 4. The molecule has 0 saturated carbocycles. The van der Waals surface area contributed by atoms with Crippen molar-refractivity contribution in [2.45, 2.75) is 32.3 Å². The monoisotopic (exact) mass is 370 g/mol. The number of aromatic hydroxyl groups is 2. The second-order valence-corrected chi connectivity index (χ2v) is 7.13. The van der Waals surface area contributed by atoms with Gasteiger partial charge in [-0.15, -0.1) is 0 Å². The highest BCUT2D eigenvalue weighted by Gasteiger charge is 2.17. The molecule has 6 heteroatoms. The van der Waals surface area contributed by atoms with Crippen LogP contribution in [-0.4, -0.2) is 41.9 Å². The first-order chi connectivity index (χ1) is 12.9. The molecular formula is C21H26N2O4. The lowest BCUT2D eigenvalue weighted by atomic mass is 9.98. The average molecular weight is 370 g/mol. The van der Waals surface area contributed by atoms with E-state index >= 15 is 0 Å². The van der Waals surface area contributed by atoms with Gasteiger partial charge in [-0.05, 0) is 41.7 Å². The predicted molar refractivity (Wildman–Crippen MR) is 105 cm³/mol.